The Morgan fingerprint density at radius 3 is 2.63 bits per heavy atom. The quantitative estimate of drug-likeness (QED) is 0.764. The maximum Gasteiger partial charge on any atom is 0.271 e. The predicted octanol–water partition coefficient (Wildman–Crippen LogP) is 3.68. The van der Waals surface area contributed by atoms with Crippen molar-refractivity contribution in [3.05, 3.63) is 43.8 Å². The number of thiophene rings is 1. The van der Waals surface area contributed by atoms with Crippen molar-refractivity contribution in [2.45, 2.75) is 4.21 Å². The van der Waals surface area contributed by atoms with Crippen LogP contribution >= 0.6 is 45.5 Å². The summed E-state index contributed by atoms with van der Waals surface area (Å²) in [7, 11) is -3.71. The molecule has 0 amide bonds. The molecule has 2 rings (SSSR count). The van der Waals surface area contributed by atoms with Crippen LogP contribution in [0.1, 0.15) is 4.88 Å². The van der Waals surface area contributed by atoms with Crippen LogP contribution in [-0.4, -0.2) is 8.42 Å². The highest BCUT2D eigenvalue weighted by Gasteiger charge is 2.18. The molecule has 0 radical (unpaired) electrons. The summed E-state index contributed by atoms with van der Waals surface area (Å²) in [5, 5.41) is 9.03. The second-order valence-electron chi connectivity index (χ2n) is 3.46. The van der Waals surface area contributed by atoms with Crippen LogP contribution in [0.25, 0.3) is 0 Å². The molecular formula is C11H6ClIN2O2S2. The van der Waals surface area contributed by atoms with Gasteiger partial charge in [0.25, 0.3) is 10.0 Å². The number of anilines is 1. The lowest BCUT2D eigenvalue weighted by atomic mass is 10.3. The van der Waals surface area contributed by atoms with Crippen LogP contribution in [0.2, 0.25) is 5.02 Å². The number of rotatable bonds is 3. The van der Waals surface area contributed by atoms with Crippen LogP contribution < -0.4 is 4.72 Å². The van der Waals surface area contributed by atoms with Crippen molar-refractivity contribution >= 4 is 61.2 Å². The topological polar surface area (TPSA) is 70.0 Å². The van der Waals surface area contributed by atoms with Crippen molar-refractivity contribution in [1.29, 1.82) is 5.26 Å². The first-order valence-electron chi connectivity index (χ1n) is 4.90. The zero-order valence-electron chi connectivity index (χ0n) is 9.22. The van der Waals surface area contributed by atoms with E-state index in [0.29, 0.717) is 15.6 Å². The van der Waals surface area contributed by atoms with Gasteiger partial charge in [-0.3, -0.25) is 4.72 Å². The van der Waals surface area contributed by atoms with Gasteiger partial charge in [-0.25, -0.2) is 8.42 Å². The fraction of sp³-hybridized carbons (Fsp3) is 0. The normalized spacial score (nSPS) is 11.0. The third-order valence-corrected chi connectivity index (χ3v) is 5.96. The van der Waals surface area contributed by atoms with Crippen molar-refractivity contribution in [3.8, 4) is 6.07 Å². The number of hydrogen-bond donors (Lipinski definition) is 1. The van der Waals surface area contributed by atoms with Crippen molar-refractivity contribution in [2.24, 2.45) is 0 Å². The summed E-state index contributed by atoms with van der Waals surface area (Å²) in [4.78, 5) is 0.342. The van der Waals surface area contributed by atoms with Gasteiger partial charge in [0.05, 0.1) is 10.7 Å². The van der Waals surface area contributed by atoms with Crippen molar-refractivity contribution in [2.75, 3.05) is 4.72 Å². The maximum atomic E-state index is 12.1. The predicted molar refractivity (Wildman–Crippen MR) is 84.0 cm³/mol. The third kappa shape index (κ3) is 3.39. The van der Waals surface area contributed by atoms with E-state index in [0.717, 1.165) is 14.9 Å². The van der Waals surface area contributed by atoms with Crippen LogP contribution in [0.5, 0.6) is 0 Å². The zero-order chi connectivity index (χ0) is 14.0. The number of nitrogens with one attached hydrogen (secondary N) is 1. The zero-order valence-corrected chi connectivity index (χ0v) is 13.8. The standard InChI is InChI=1S/C11H6ClIN2O2S2/c12-9-5-7(13)1-3-10(9)15-19(16,17)11-4-2-8(6-14)18-11/h1-5,15H. The van der Waals surface area contributed by atoms with Crippen LogP contribution in [0.4, 0.5) is 5.69 Å². The summed E-state index contributed by atoms with van der Waals surface area (Å²) >= 11 is 8.97. The van der Waals surface area contributed by atoms with Gasteiger partial charge in [-0.15, -0.1) is 11.3 Å². The minimum absolute atomic E-state index is 0.0821. The van der Waals surface area contributed by atoms with E-state index in [1.165, 1.54) is 12.1 Å². The average Bonchev–Trinajstić information content (AvgIpc) is 2.82. The van der Waals surface area contributed by atoms with Gasteiger partial charge in [0.1, 0.15) is 15.2 Å². The molecule has 0 aliphatic rings. The second kappa shape index (κ2) is 5.66. The molecule has 0 spiro atoms. The molecule has 8 heteroatoms. The van der Waals surface area contributed by atoms with Crippen molar-refractivity contribution in [3.63, 3.8) is 0 Å². The first-order chi connectivity index (χ1) is 8.92. The summed E-state index contributed by atoms with van der Waals surface area (Å²) in [6, 6.07) is 9.77. The Bertz CT molecular complexity index is 765. The highest BCUT2D eigenvalue weighted by molar-refractivity contribution is 14.1. The molecule has 0 saturated heterocycles. The number of halogens is 2. The summed E-state index contributed by atoms with van der Waals surface area (Å²) in [6.07, 6.45) is 0. The summed E-state index contributed by atoms with van der Waals surface area (Å²) < 4.78 is 27.6. The number of benzene rings is 1. The molecule has 0 aliphatic carbocycles. The molecular weight excluding hydrogens is 419 g/mol. The highest BCUT2D eigenvalue weighted by Crippen LogP contribution is 2.28. The molecule has 2 aromatic rings. The smallest absolute Gasteiger partial charge is 0.271 e. The van der Waals surface area contributed by atoms with Gasteiger partial charge in [-0.05, 0) is 52.9 Å². The molecule has 4 nitrogen and oxygen atoms in total. The SMILES string of the molecule is N#Cc1ccc(S(=O)(=O)Nc2ccc(I)cc2Cl)s1. The van der Waals surface area contributed by atoms with Crippen LogP contribution in [0.3, 0.4) is 0 Å². The minimum atomic E-state index is -3.71. The third-order valence-electron chi connectivity index (χ3n) is 2.13. The lowest BCUT2D eigenvalue weighted by molar-refractivity contribution is 0.603. The molecule has 0 bridgehead atoms. The van der Waals surface area contributed by atoms with Gasteiger partial charge in [0.15, 0.2) is 0 Å². The van der Waals surface area contributed by atoms with Crippen molar-refractivity contribution in [1.82, 2.24) is 0 Å². The van der Waals surface area contributed by atoms with Gasteiger partial charge in [0, 0.05) is 3.57 Å². The number of sulfonamides is 1. The Hall–Kier alpha value is -0.820. The number of nitrogens with zero attached hydrogens (tertiary/aromatic N) is 1. The molecule has 0 fully saturated rings. The summed E-state index contributed by atoms with van der Waals surface area (Å²) in [5.41, 5.74) is 0.314. The molecule has 1 heterocycles. The van der Waals surface area contributed by atoms with E-state index in [9.17, 15) is 8.42 Å². The van der Waals surface area contributed by atoms with E-state index in [1.54, 1.807) is 18.2 Å². The fourth-order valence-electron chi connectivity index (χ4n) is 1.29. The van der Waals surface area contributed by atoms with Crippen LogP contribution in [-0.2, 0) is 10.0 Å². The lowest BCUT2D eigenvalue weighted by Crippen LogP contribution is -2.11. The van der Waals surface area contributed by atoms with Gasteiger partial charge < -0.3 is 0 Å². The molecule has 98 valence electrons. The van der Waals surface area contributed by atoms with E-state index < -0.39 is 10.0 Å². The average molecular weight is 425 g/mol. The molecule has 0 atom stereocenters. The molecule has 1 N–H and O–H groups in total. The molecule has 19 heavy (non-hydrogen) atoms. The Morgan fingerprint density at radius 2 is 2.05 bits per heavy atom. The molecule has 1 aromatic heterocycles. The molecule has 0 saturated carbocycles. The fourth-order valence-corrected chi connectivity index (χ4v) is 4.43. The monoisotopic (exact) mass is 424 g/mol. The molecule has 1 aromatic carbocycles. The van der Waals surface area contributed by atoms with Crippen molar-refractivity contribution < 1.29 is 8.42 Å². The summed E-state index contributed by atoms with van der Waals surface area (Å²) in [5.74, 6) is 0. The van der Waals surface area contributed by atoms with Gasteiger partial charge in [-0.1, -0.05) is 11.6 Å². The van der Waals surface area contributed by atoms with E-state index in [1.807, 2.05) is 6.07 Å². The Labute approximate surface area is 133 Å². The van der Waals surface area contributed by atoms with Gasteiger partial charge in [-0.2, -0.15) is 5.26 Å². The first-order valence-corrected chi connectivity index (χ1v) is 8.66. The highest BCUT2D eigenvalue weighted by atomic mass is 127. The minimum Gasteiger partial charge on any atom is -0.277 e. The van der Waals surface area contributed by atoms with E-state index >= 15 is 0 Å². The van der Waals surface area contributed by atoms with Gasteiger partial charge >= 0.3 is 0 Å². The Balaban J connectivity index is 2.34. The van der Waals surface area contributed by atoms with Crippen LogP contribution in [0.15, 0.2) is 34.5 Å². The number of nitriles is 1. The van der Waals surface area contributed by atoms with E-state index in [2.05, 4.69) is 27.3 Å². The molecule has 0 unspecified atom stereocenters. The van der Waals surface area contributed by atoms with Crippen LogP contribution in [0, 0.1) is 14.9 Å². The lowest BCUT2D eigenvalue weighted by Gasteiger charge is -2.08. The maximum absolute atomic E-state index is 12.1. The second-order valence-corrected chi connectivity index (χ2v) is 8.11. The molecule has 0 aliphatic heterocycles. The largest absolute Gasteiger partial charge is 0.277 e. The van der Waals surface area contributed by atoms with E-state index in [4.69, 9.17) is 16.9 Å². The Kier molecular flexibility index (Phi) is 4.35. The summed E-state index contributed by atoms with van der Waals surface area (Å²) in [6.45, 7) is 0. The van der Waals surface area contributed by atoms with E-state index in [-0.39, 0.29) is 4.21 Å². The Morgan fingerprint density at radius 1 is 1.32 bits per heavy atom. The number of hydrogen-bond acceptors (Lipinski definition) is 4. The first kappa shape index (κ1) is 14.6. The van der Waals surface area contributed by atoms with Gasteiger partial charge in [0.2, 0.25) is 0 Å².